The van der Waals surface area contributed by atoms with Gasteiger partial charge in [-0.3, -0.25) is 9.78 Å². The summed E-state index contributed by atoms with van der Waals surface area (Å²) < 4.78 is 5.56. The Bertz CT molecular complexity index is 660. The van der Waals surface area contributed by atoms with Gasteiger partial charge < -0.3 is 14.4 Å². The molecule has 0 radical (unpaired) electrons. The Balaban J connectivity index is 2.97. The van der Waals surface area contributed by atoms with Gasteiger partial charge in [-0.1, -0.05) is 0 Å². The van der Waals surface area contributed by atoms with Crippen molar-refractivity contribution in [2.24, 2.45) is 7.05 Å². The van der Waals surface area contributed by atoms with E-state index < -0.39 is 11.5 Å². The lowest BCUT2D eigenvalue weighted by Gasteiger charge is -2.10. The number of hydrogen-bond donors (Lipinski definition) is 1. The van der Waals surface area contributed by atoms with E-state index in [4.69, 9.17) is 0 Å². The third kappa shape index (κ3) is 1.54. The monoisotopic (exact) mass is 234 g/mol. The molecule has 0 aromatic carbocycles. The van der Waals surface area contributed by atoms with Crippen molar-refractivity contribution in [1.29, 1.82) is 0 Å². The zero-order chi connectivity index (χ0) is 12.6. The number of ether oxygens (including phenoxy) is 1. The van der Waals surface area contributed by atoms with E-state index in [1.165, 1.54) is 26.4 Å². The Labute approximate surface area is 96.1 Å². The van der Waals surface area contributed by atoms with Crippen molar-refractivity contribution >= 4 is 16.9 Å². The summed E-state index contributed by atoms with van der Waals surface area (Å²) in [4.78, 5) is 27.3. The highest BCUT2D eigenvalue weighted by atomic mass is 16.5. The van der Waals surface area contributed by atoms with Crippen LogP contribution in [0.1, 0.15) is 10.5 Å². The molecule has 0 unspecified atom stereocenters. The predicted molar refractivity (Wildman–Crippen MR) is 60.0 cm³/mol. The van der Waals surface area contributed by atoms with Gasteiger partial charge in [-0.05, 0) is 12.1 Å². The molecule has 0 spiro atoms. The van der Waals surface area contributed by atoms with Gasteiger partial charge in [0.05, 0.1) is 12.5 Å². The first-order chi connectivity index (χ1) is 8.07. The van der Waals surface area contributed by atoms with Gasteiger partial charge >= 0.3 is 5.97 Å². The molecule has 0 aliphatic heterocycles. The number of methoxy groups -OCH3 is 1. The molecule has 0 saturated heterocycles. The van der Waals surface area contributed by atoms with Gasteiger partial charge in [0.15, 0.2) is 11.4 Å². The normalized spacial score (nSPS) is 10.5. The first-order valence-electron chi connectivity index (χ1n) is 4.83. The van der Waals surface area contributed by atoms with Crippen LogP contribution in [0, 0.1) is 0 Å². The van der Waals surface area contributed by atoms with Crippen molar-refractivity contribution in [3.63, 3.8) is 0 Å². The lowest BCUT2D eigenvalue weighted by molar-refractivity contribution is 0.0585. The van der Waals surface area contributed by atoms with Crippen molar-refractivity contribution in [3.05, 3.63) is 34.4 Å². The molecule has 2 aromatic rings. The molecule has 1 N–H and O–H groups in total. The number of hydrogen-bond acceptors (Lipinski definition) is 5. The predicted octanol–water partition coefficient (Wildman–Crippen LogP) is 0.426. The molecule has 6 nitrogen and oxygen atoms in total. The molecule has 88 valence electrons. The molecule has 0 amide bonds. The lowest BCUT2D eigenvalue weighted by atomic mass is 10.2. The van der Waals surface area contributed by atoms with Gasteiger partial charge in [0, 0.05) is 13.2 Å². The minimum atomic E-state index is -0.783. The van der Waals surface area contributed by atoms with Gasteiger partial charge in [-0.25, -0.2) is 4.79 Å². The minimum Gasteiger partial charge on any atom is -0.504 e. The molecule has 0 aliphatic rings. The fraction of sp³-hybridized carbons (Fsp3) is 0.182. The number of pyridine rings is 2. The number of aromatic nitrogens is 2. The van der Waals surface area contributed by atoms with E-state index in [9.17, 15) is 14.7 Å². The molecular weight excluding hydrogens is 224 g/mol. The van der Waals surface area contributed by atoms with Gasteiger partial charge in [-0.15, -0.1) is 0 Å². The number of fused-ring (bicyclic) bond motifs is 1. The zero-order valence-corrected chi connectivity index (χ0v) is 9.30. The van der Waals surface area contributed by atoms with Crippen LogP contribution in [-0.4, -0.2) is 27.7 Å². The minimum absolute atomic E-state index is 0.0935. The van der Waals surface area contributed by atoms with Crippen LogP contribution in [-0.2, 0) is 11.8 Å². The smallest absolute Gasteiger partial charge is 0.358 e. The maximum absolute atomic E-state index is 11.9. The number of carbonyl (C=O) groups is 1. The van der Waals surface area contributed by atoms with E-state index in [1.807, 2.05) is 0 Å². The van der Waals surface area contributed by atoms with Crippen LogP contribution < -0.4 is 5.56 Å². The molecule has 0 saturated carbocycles. The molecule has 2 rings (SSSR count). The molecule has 0 atom stereocenters. The molecular formula is C11H10N2O4. The summed E-state index contributed by atoms with van der Waals surface area (Å²) >= 11 is 0. The van der Waals surface area contributed by atoms with Crippen LogP contribution in [0.5, 0.6) is 5.75 Å². The van der Waals surface area contributed by atoms with E-state index in [0.717, 1.165) is 4.57 Å². The zero-order valence-electron chi connectivity index (χ0n) is 9.30. The number of rotatable bonds is 1. The van der Waals surface area contributed by atoms with Gasteiger partial charge in [-0.2, -0.15) is 0 Å². The second kappa shape index (κ2) is 3.89. The largest absolute Gasteiger partial charge is 0.504 e. The van der Waals surface area contributed by atoms with E-state index >= 15 is 0 Å². The number of nitrogens with zero attached hydrogens (tertiary/aromatic N) is 2. The van der Waals surface area contributed by atoms with Crippen molar-refractivity contribution < 1.29 is 14.6 Å². The second-order valence-corrected chi connectivity index (χ2v) is 3.45. The van der Waals surface area contributed by atoms with Crippen LogP contribution in [0.3, 0.4) is 0 Å². The van der Waals surface area contributed by atoms with Gasteiger partial charge in [0.1, 0.15) is 5.52 Å². The summed E-state index contributed by atoms with van der Waals surface area (Å²) in [5, 5.41) is 10.2. The summed E-state index contributed by atoms with van der Waals surface area (Å²) in [5.74, 6) is -1.13. The second-order valence-electron chi connectivity index (χ2n) is 3.45. The first kappa shape index (κ1) is 11.1. The molecule has 0 fully saturated rings. The highest BCUT2D eigenvalue weighted by molar-refractivity contribution is 5.97. The van der Waals surface area contributed by atoms with Crippen LogP contribution >= 0.6 is 0 Å². The third-order valence-electron chi connectivity index (χ3n) is 2.51. The van der Waals surface area contributed by atoms with E-state index in [-0.39, 0.29) is 22.3 Å². The van der Waals surface area contributed by atoms with Crippen LogP contribution in [0.2, 0.25) is 0 Å². The first-order valence-corrected chi connectivity index (χ1v) is 4.83. The van der Waals surface area contributed by atoms with Gasteiger partial charge in [0.2, 0.25) is 0 Å². The van der Waals surface area contributed by atoms with Crippen molar-refractivity contribution in [1.82, 2.24) is 9.55 Å². The summed E-state index contributed by atoms with van der Waals surface area (Å²) in [6, 6.07) is 3.12. The fourth-order valence-electron chi connectivity index (χ4n) is 1.65. The van der Waals surface area contributed by atoms with Crippen LogP contribution in [0.25, 0.3) is 10.9 Å². The summed E-state index contributed by atoms with van der Waals surface area (Å²) in [6.45, 7) is 0. The molecule has 17 heavy (non-hydrogen) atoms. The van der Waals surface area contributed by atoms with E-state index in [1.54, 1.807) is 6.07 Å². The molecule has 0 aliphatic carbocycles. The van der Waals surface area contributed by atoms with E-state index in [0.29, 0.717) is 0 Å². The molecule has 2 heterocycles. The highest BCUT2D eigenvalue weighted by Crippen LogP contribution is 2.24. The van der Waals surface area contributed by atoms with Crippen molar-refractivity contribution in [2.45, 2.75) is 0 Å². The van der Waals surface area contributed by atoms with Crippen molar-refractivity contribution in [3.8, 4) is 5.75 Å². The summed E-state index contributed by atoms with van der Waals surface area (Å²) in [6.07, 6.45) is 1.43. The number of carbonyl (C=O) groups excluding carboxylic acids is 1. The van der Waals surface area contributed by atoms with Crippen molar-refractivity contribution in [2.75, 3.05) is 7.11 Å². The maximum atomic E-state index is 11.9. The third-order valence-corrected chi connectivity index (χ3v) is 2.51. The standard InChI is InChI=1S/C11H10N2O4/c1-13-8(11(16)17-2)9(14)7-6(10(13)15)4-3-5-12-7/h3-5,14H,1-2H3. The maximum Gasteiger partial charge on any atom is 0.358 e. The van der Waals surface area contributed by atoms with Gasteiger partial charge in [0.25, 0.3) is 5.56 Å². The average molecular weight is 234 g/mol. The average Bonchev–Trinajstić information content (AvgIpc) is 2.36. The quantitative estimate of drug-likeness (QED) is 0.723. The Morgan fingerprint density at radius 2 is 2.24 bits per heavy atom. The number of esters is 1. The lowest BCUT2D eigenvalue weighted by Crippen LogP contribution is -2.24. The number of aromatic hydroxyl groups is 1. The topological polar surface area (TPSA) is 81.4 Å². The summed E-state index contributed by atoms with van der Waals surface area (Å²) in [5.41, 5.74) is -0.522. The molecule has 2 aromatic heterocycles. The van der Waals surface area contributed by atoms with Crippen LogP contribution in [0.4, 0.5) is 0 Å². The van der Waals surface area contributed by atoms with E-state index in [2.05, 4.69) is 9.72 Å². The molecule has 6 heteroatoms. The summed E-state index contributed by atoms with van der Waals surface area (Å²) in [7, 11) is 2.57. The Morgan fingerprint density at radius 1 is 1.53 bits per heavy atom. The SMILES string of the molecule is COC(=O)c1c(O)c2ncccc2c(=O)n1C. The molecule has 0 bridgehead atoms. The Hall–Kier alpha value is -2.37. The Morgan fingerprint density at radius 3 is 2.88 bits per heavy atom. The highest BCUT2D eigenvalue weighted by Gasteiger charge is 2.21. The Kier molecular flexibility index (Phi) is 2.55. The van der Waals surface area contributed by atoms with Crippen LogP contribution in [0.15, 0.2) is 23.1 Å². The fourth-order valence-corrected chi connectivity index (χ4v) is 1.65.